The van der Waals surface area contributed by atoms with Crippen molar-refractivity contribution in [2.75, 3.05) is 19.7 Å². The third-order valence-electron chi connectivity index (χ3n) is 7.39. The van der Waals surface area contributed by atoms with Crippen LogP contribution in [-0.2, 0) is 4.74 Å². The highest BCUT2D eigenvalue weighted by molar-refractivity contribution is 5.91. The van der Waals surface area contributed by atoms with E-state index in [1.807, 2.05) is 44.0 Å². The summed E-state index contributed by atoms with van der Waals surface area (Å²) in [5.74, 6) is 2.14. The number of ether oxygens (including phenoxy) is 2. The number of carbonyl (C=O) groups excluding carboxylic acids is 1. The van der Waals surface area contributed by atoms with Crippen LogP contribution in [0.5, 0.6) is 5.75 Å². The molecule has 1 saturated carbocycles. The van der Waals surface area contributed by atoms with Crippen LogP contribution in [0, 0.1) is 17.2 Å². The molecule has 0 radical (unpaired) electrons. The molecule has 8 nitrogen and oxygen atoms in total. The van der Waals surface area contributed by atoms with Gasteiger partial charge < -0.3 is 19.4 Å². The van der Waals surface area contributed by atoms with Crippen LogP contribution >= 0.6 is 0 Å². The van der Waals surface area contributed by atoms with Crippen molar-refractivity contribution in [3.8, 4) is 23.1 Å². The molecule has 5 rings (SSSR count). The van der Waals surface area contributed by atoms with Crippen molar-refractivity contribution in [1.29, 1.82) is 5.26 Å². The predicted octanol–water partition coefficient (Wildman–Crippen LogP) is 6.18. The molecule has 1 saturated heterocycles. The normalized spacial score (nSPS) is 16.9. The van der Waals surface area contributed by atoms with Gasteiger partial charge in [-0.3, -0.25) is 0 Å². The molecule has 3 aromatic rings. The maximum Gasteiger partial charge on any atom is 0.410 e. The molecule has 1 aliphatic heterocycles. The molecule has 3 heterocycles. The van der Waals surface area contributed by atoms with Gasteiger partial charge in [0.15, 0.2) is 0 Å². The van der Waals surface area contributed by atoms with Crippen molar-refractivity contribution in [2.24, 2.45) is 5.92 Å². The lowest BCUT2D eigenvalue weighted by Crippen LogP contribution is -2.41. The molecule has 0 spiro atoms. The topological polar surface area (TPSA) is 104 Å². The van der Waals surface area contributed by atoms with E-state index in [9.17, 15) is 10.1 Å². The minimum Gasteiger partial charge on any atom is -0.493 e. The number of benzene rings is 1. The number of amides is 1. The zero-order valence-corrected chi connectivity index (χ0v) is 21.9. The Morgan fingerprint density at radius 3 is 2.62 bits per heavy atom. The lowest BCUT2D eigenvalue weighted by Gasteiger charge is -2.33. The van der Waals surface area contributed by atoms with E-state index in [0.29, 0.717) is 24.1 Å². The highest BCUT2D eigenvalue weighted by Crippen LogP contribution is 2.43. The van der Waals surface area contributed by atoms with E-state index in [2.05, 4.69) is 33.2 Å². The quantitative estimate of drug-likeness (QED) is 0.432. The molecule has 8 heteroatoms. The maximum absolute atomic E-state index is 12.3. The maximum atomic E-state index is 12.3. The predicted molar refractivity (Wildman–Crippen MR) is 141 cm³/mol. The third-order valence-corrected chi connectivity index (χ3v) is 7.39. The number of aromatic nitrogens is 3. The Hall–Kier alpha value is -3.60. The number of piperidine rings is 1. The van der Waals surface area contributed by atoms with Crippen LogP contribution in [0.25, 0.3) is 22.3 Å². The van der Waals surface area contributed by atoms with E-state index in [-0.39, 0.29) is 11.9 Å². The van der Waals surface area contributed by atoms with Gasteiger partial charge in [-0.25, -0.2) is 14.8 Å². The van der Waals surface area contributed by atoms with Gasteiger partial charge >= 0.3 is 6.09 Å². The van der Waals surface area contributed by atoms with Crippen LogP contribution in [0.15, 0.2) is 30.5 Å². The van der Waals surface area contributed by atoms with Gasteiger partial charge in [0.05, 0.1) is 12.3 Å². The van der Waals surface area contributed by atoms with Gasteiger partial charge in [0.1, 0.15) is 23.1 Å². The highest BCUT2D eigenvalue weighted by atomic mass is 16.6. The molecule has 2 aliphatic rings. The fourth-order valence-corrected chi connectivity index (χ4v) is 5.14. The van der Waals surface area contributed by atoms with Crippen LogP contribution in [-0.4, -0.2) is 51.2 Å². The molecule has 1 N–H and O–H groups in total. The molecule has 1 amide bonds. The summed E-state index contributed by atoms with van der Waals surface area (Å²) >= 11 is 0. The molecular formula is C29H35N5O3. The molecule has 1 aromatic carbocycles. The first-order valence-electron chi connectivity index (χ1n) is 13.3. The summed E-state index contributed by atoms with van der Waals surface area (Å²) in [6, 6.07) is 10.3. The first kappa shape index (κ1) is 25.1. The first-order chi connectivity index (χ1) is 17.8. The van der Waals surface area contributed by atoms with Crippen LogP contribution in [0.3, 0.4) is 0 Å². The highest BCUT2D eigenvalue weighted by Gasteiger charge is 2.28. The van der Waals surface area contributed by atoms with E-state index in [1.54, 1.807) is 0 Å². The second-order valence-electron chi connectivity index (χ2n) is 11.2. The van der Waals surface area contributed by atoms with Gasteiger partial charge in [0, 0.05) is 30.2 Å². The van der Waals surface area contributed by atoms with E-state index in [4.69, 9.17) is 9.47 Å². The molecule has 0 atom stereocenters. The summed E-state index contributed by atoms with van der Waals surface area (Å²) in [5.41, 5.74) is 3.18. The van der Waals surface area contributed by atoms with Crippen molar-refractivity contribution in [3.05, 3.63) is 41.9 Å². The number of hydrogen-bond donors (Lipinski definition) is 1. The van der Waals surface area contributed by atoms with Gasteiger partial charge in [-0.1, -0.05) is 6.42 Å². The molecule has 2 aromatic heterocycles. The Bertz CT molecular complexity index is 1310. The average Bonchev–Trinajstić information content (AvgIpc) is 3.31. The number of rotatable bonds is 6. The summed E-state index contributed by atoms with van der Waals surface area (Å²) in [6.07, 6.45) is 8.08. The number of fused-ring (bicyclic) bond motifs is 1. The zero-order valence-electron chi connectivity index (χ0n) is 21.9. The SMILES string of the molecule is CC(C)(C)OC(=O)N1CCC(CCOc2ccc(-c3nc(C#N)nc4[nH]ccc34)cc2C2CCC2)CC1. The van der Waals surface area contributed by atoms with Crippen LogP contribution in [0.1, 0.15) is 76.6 Å². The molecule has 1 aliphatic carbocycles. The molecule has 194 valence electrons. The summed E-state index contributed by atoms with van der Waals surface area (Å²) in [5, 5.41) is 10.3. The van der Waals surface area contributed by atoms with Crippen molar-refractivity contribution in [3.63, 3.8) is 0 Å². The Balaban J connectivity index is 1.24. The molecule has 0 bridgehead atoms. The van der Waals surface area contributed by atoms with Gasteiger partial charge in [0.2, 0.25) is 5.82 Å². The molecule has 0 unspecified atom stereocenters. The Morgan fingerprint density at radius 1 is 1.16 bits per heavy atom. The van der Waals surface area contributed by atoms with E-state index in [0.717, 1.165) is 67.6 Å². The lowest BCUT2D eigenvalue weighted by atomic mass is 9.79. The van der Waals surface area contributed by atoms with Gasteiger partial charge in [0.25, 0.3) is 0 Å². The zero-order chi connectivity index (χ0) is 26.0. The van der Waals surface area contributed by atoms with Crippen molar-refractivity contribution in [1.82, 2.24) is 19.9 Å². The second kappa shape index (κ2) is 10.4. The van der Waals surface area contributed by atoms with E-state index in [1.165, 1.54) is 12.0 Å². The summed E-state index contributed by atoms with van der Waals surface area (Å²) in [4.78, 5) is 26.1. The average molecular weight is 502 g/mol. The Labute approximate surface area is 218 Å². The van der Waals surface area contributed by atoms with Gasteiger partial charge in [-0.2, -0.15) is 5.26 Å². The monoisotopic (exact) mass is 501 g/mol. The second-order valence-corrected chi connectivity index (χ2v) is 11.2. The van der Waals surface area contributed by atoms with Gasteiger partial charge in [-0.15, -0.1) is 0 Å². The fourth-order valence-electron chi connectivity index (χ4n) is 5.14. The Kier molecular flexibility index (Phi) is 7.05. The number of H-pyrrole nitrogens is 1. The van der Waals surface area contributed by atoms with E-state index < -0.39 is 5.60 Å². The number of carbonyl (C=O) groups is 1. The Morgan fingerprint density at radius 2 is 1.95 bits per heavy atom. The smallest absolute Gasteiger partial charge is 0.410 e. The first-order valence-corrected chi connectivity index (χ1v) is 13.3. The minimum absolute atomic E-state index is 0.160. The van der Waals surface area contributed by atoms with Crippen molar-refractivity contribution in [2.45, 2.75) is 70.8 Å². The number of nitriles is 1. The minimum atomic E-state index is -0.464. The standard InChI is InChI=1S/C29H35N5O3/c1-29(2,3)37-28(35)34-14-10-19(11-15-34)12-16-36-24-8-7-21(17-23(24)20-5-4-6-20)26-22-9-13-31-27(22)33-25(18-30)32-26/h7-9,13,17,19-20H,4-6,10-12,14-16H2,1-3H3,(H,31,32,33). The molecular weight excluding hydrogens is 466 g/mol. The number of hydrogen-bond acceptors (Lipinski definition) is 6. The number of aromatic amines is 1. The molecule has 37 heavy (non-hydrogen) atoms. The molecule has 2 fully saturated rings. The fraction of sp³-hybridized carbons (Fsp3) is 0.517. The number of nitrogens with one attached hydrogen (secondary N) is 1. The largest absolute Gasteiger partial charge is 0.493 e. The van der Waals surface area contributed by atoms with Crippen LogP contribution in [0.2, 0.25) is 0 Å². The third kappa shape index (κ3) is 5.71. The summed E-state index contributed by atoms with van der Waals surface area (Å²) in [6.45, 7) is 7.83. The number of nitrogens with zero attached hydrogens (tertiary/aromatic N) is 4. The van der Waals surface area contributed by atoms with Crippen LogP contribution < -0.4 is 4.74 Å². The van der Waals surface area contributed by atoms with E-state index >= 15 is 0 Å². The summed E-state index contributed by atoms with van der Waals surface area (Å²) < 4.78 is 11.9. The van der Waals surface area contributed by atoms with Crippen LogP contribution in [0.4, 0.5) is 4.79 Å². The van der Waals surface area contributed by atoms with Crippen molar-refractivity contribution < 1.29 is 14.3 Å². The lowest BCUT2D eigenvalue weighted by molar-refractivity contribution is 0.0177. The van der Waals surface area contributed by atoms with Gasteiger partial charge in [-0.05, 0) is 94.5 Å². The number of likely N-dealkylation sites (tertiary alicyclic amines) is 1. The summed E-state index contributed by atoms with van der Waals surface area (Å²) in [7, 11) is 0. The van der Waals surface area contributed by atoms with Crippen molar-refractivity contribution >= 4 is 17.1 Å².